The van der Waals surface area contributed by atoms with Crippen molar-refractivity contribution in [2.75, 3.05) is 60.7 Å². The van der Waals surface area contributed by atoms with Crippen LogP contribution in [0.2, 0.25) is 0 Å². The number of aryl methyl sites for hydroxylation is 2. The molecule has 0 aliphatic carbocycles. The van der Waals surface area contributed by atoms with E-state index in [1.54, 1.807) is 116 Å². The zero-order valence-electron chi connectivity index (χ0n) is 66.2. The Kier molecular flexibility index (Phi) is 30.3. The van der Waals surface area contributed by atoms with E-state index >= 15 is 0 Å². The molecule has 2 saturated heterocycles. The van der Waals surface area contributed by atoms with Crippen molar-refractivity contribution in [2.24, 2.45) is 11.8 Å². The van der Waals surface area contributed by atoms with Crippen molar-refractivity contribution < 1.29 is 84.1 Å². The van der Waals surface area contributed by atoms with Crippen molar-refractivity contribution in [3.63, 3.8) is 0 Å². The third-order valence-electron chi connectivity index (χ3n) is 15.7. The Bertz CT molecular complexity index is 4720. The van der Waals surface area contributed by atoms with Crippen LogP contribution in [-0.4, -0.2) is 167 Å². The first kappa shape index (κ1) is 89.2. The van der Waals surface area contributed by atoms with E-state index < -0.39 is 71.6 Å². The maximum atomic E-state index is 13.7. The number of likely N-dealkylation sites (tertiary alicyclic amines) is 2. The Morgan fingerprint density at radius 3 is 1.28 bits per heavy atom. The van der Waals surface area contributed by atoms with Crippen molar-refractivity contribution in [1.29, 1.82) is 0 Å². The molecule has 0 unspecified atom stereocenters. The number of nitrogens with one attached hydrogen (secondary N) is 6. The molecule has 112 heavy (non-hydrogen) atoms. The van der Waals surface area contributed by atoms with E-state index in [1.807, 2.05) is 55.4 Å². The molecule has 4 aromatic heterocycles. The van der Waals surface area contributed by atoms with Gasteiger partial charge in [-0.15, -0.1) is 22.7 Å². The fraction of sp³-hybridized carbons (Fsp3) is 0.474. The number of pyridine rings is 2. The molecule has 0 saturated carbocycles. The molecular weight excluding hydrogens is 1530 g/mol. The van der Waals surface area contributed by atoms with E-state index in [0.717, 1.165) is 24.0 Å². The molecule has 36 heteroatoms. The molecule has 0 spiro atoms. The molecule has 6 amide bonds. The number of benzene rings is 3. The van der Waals surface area contributed by atoms with Gasteiger partial charge < -0.3 is 43.3 Å². The summed E-state index contributed by atoms with van der Waals surface area (Å²) in [7, 11) is -8.18. The average Bonchev–Trinajstić information content (AvgIpc) is 1.40. The number of non-ortho nitro benzene ring substituents is 1. The van der Waals surface area contributed by atoms with Crippen molar-refractivity contribution in [2.45, 2.75) is 195 Å². The van der Waals surface area contributed by atoms with E-state index in [-0.39, 0.29) is 76.1 Å². The first-order chi connectivity index (χ1) is 52.1. The highest BCUT2D eigenvalue weighted by Crippen LogP contribution is 2.40. The van der Waals surface area contributed by atoms with Crippen LogP contribution in [-0.2, 0) is 43.7 Å². The number of sulfonamides is 2. The van der Waals surface area contributed by atoms with Gasteiger partial charge in [0.2, 0.25) is 20.0 Å². The molecule has 0 radical (unpaired) electrons. The van der Waals surface area contributed by atoms with Gasteiger partial charge in [0.1, 0.15) is 38.4 Å². The van der Waals surface area contributed by atoms with Gasteiger partial charge in [0.25, 0.3) is 5.69 Å². The van der Waals surface area contributed by atoms with E-state index in [9.17, 15) is 55.7 Å². The number of carbonyl (C=O) groups is 6. The van der Waals surface area contributed by atoms with Crippen LogP contribution < -0.4 is 35.4 Å². The predicted octanol–water partition coefficient (Wildman–Crippen LogP) is 15.8. The van der Waals surface area contributed by atoms with E-state index in [1.165, 1.54) is 83.7 Å². The lowest BCUT2D eigenvalue weighted by molar-refractivity contribution is -0.384. The number of nitrogens with zero attached hydrogens (tertiary/aromatic N) is 7. The second kappa shape index (κ2) is 38.0. The fourth-order valence-corrected chi connectivity index (χ4v) is 16.4. The first-order valence-corrected chi connectivity index (χ1v) is 40.6. The number of aliphatic hydroxyl groups is 1. The van der Waals surface area contributed by atoms with Gasteiger partial charge in [0.15, 0.2) is 0 Å². The first-order valence-electron chi connectivity index (χ1n) is 36.0. The van der Waals surface area contributed by atoms with E-state index in [4.69, 9.17) is 33.5 Å². The van der Waals surface area contributed by atoms with Crippen LogP contribution in [0.3, 0.4) is 0 Å². The Morgan fingerprint density at radius 1 is 0.536 bits per heavy atom. The molecule has 608 valence electrons. The minimum atomic E-state index is -4.11. The van der Waals surface area contributed by atoms with E-state index in [2.05, 4.69) is 50.6 Å². The molecule has 9 rings (SSSR count). The van der Waals surface area contributed by atoms with Crippen LogP contribution in [0.1, 0.15) is 148 Å². The lowest BCUT2D eigenvalue weighted by atomic mass is 9.98. The minimum absolute atomic E-state index is 0.0483. The van der Waals surface area contributed by atoms with Crippen LogP contribution in [0.25, 0.3) is 42.3 Å². The van der Waals surface area contributed by atoms with Gasteiger partial charge in [-0.1, -0.05) is 12.1 Å². The molecule has 3 aromatic carbocycles. The van der Waals surface area contributed by atoms with Crippen molar-refractivity contribution in [1.82, 2.24) is 39.2 Å². The average molecular weight is 1630 g/mol. The largest absolute Gasteiger partial charge is 0.449 e. The standard InChI is InChI=1S/C35H48N6O8S2.C30H32N6O8S2.C11H21NO3/c1-21(2)48-32(43)39-25-16-22(3)29(36-18-25)30-37-19-27(50-30)26-11-10-24(17-28(26)51(45,46)40-34(4,5)6)38-31(42)47-20-23-12-14-41(15-13-23)33(44)49-35(7,8)9;1-17(2)43-28(37)34-20-13-18(3)26(31-15-20)27-32-16-24(45-27)23-12-7-19(14-25(23)46(41,42)35-30(4,5)6)33-29(38)44-22-10-8-21(9-11-22)36(39)40;1-11(2,3)15-10(14)12-6-4-9(8-13)5-7-12/h10-11,16-19,21,23,40H,12-15,20H2,1-9H3,(H,38,42)(H,39,43);7-17,35H,1-6H3,(H,33,38)(H,34,37);9,13H,4-8H2,1-3H3. The second-order valence-electron chi connectivity index (χ2n) is 31.1. The van der Waals surface area contributed by atoms with Crippen LogP contribution in [0.15, 0.2) is 107 Å². The number of anilines is 4. The van der Waals surface area contributed by atoms with Crippen molar-refractivity contribution >= 4 is 108 Å². The van der Waals surface area contributed by atoms with Crippen molar-refractivity contribution in [3.05, 3.63) is 119 Å². The number of hydrogen-bond donors (Lipinski definition) is 7. The molecular formula is C76H101N13O19S4. The highest BCUT2D eigenvalue weighted by molar-refractivity contribution is 7.90. The summed E-state index contributed by atoms with van der Waals surface area (Å²) in [4.78, 5) is 106. The zero-order valence-corrected chi connectivity index (χ0v) is 69.4. The normalized spacial score (nSPS) is 13.8. The molecule has 7 N–H and O–H groups in total. The summed E-state index contributed by atoms with van der Waals surface area (Å²) >= 11 is 2.47. The van der Waals surface area contributed by atoms with Crippen LogP contribution in [0.4, 0.5) is 57.2 Å². The number of rotatable bonds is 19. The number of amides is 6. The lowest BCUT2D eigenvalue weighted by Crippen LogP contribution is -2.42. The maximum Gasteiger partial charge on any atom is 0.417 e. The monoisotopic (exact) mass is 1630 g/mol. The van der Waals surface area contributed by atoms with E-state index in [0.29, 0.717) is 98.6 Å². The number of nitro benzene ring substituents is 1. The molecule has 0 bridgehead atoms. The summed E-state index contributed by atoms with van der Waals surface area (Å²) in [6, 6.07) is 17.4. The fourth-order valence-electron chi connectivity index (χ4n) is 10.9. The Morgan fingerprint density at radius 2 is 0.920 bits per heavy atom. The highest BCUT2D eigenvalue weighted by atomic mass is 32.2. The lowest BCUT2D eigenvalue weighted by Gasteiger charge is -2.33. The smallest absolute Gasteiger partial charge is 0.417 e. The van der Waals surface area contributed by atoms with Gasteiger partial charge in [-0.25, -0.2) is 65.0 Å². The third-order valence-corrected chi connectivity index (χ3v) is 21.4. The van der Waals surface area contributed by atoms with Crippen LogP contribution >= 0.6 is 22.7 Å². The Labute approximate surface area is 661 Å². The molecule has 2 aliphatic rings. The topological polar surface area (TPSA) is 420 Å². The molecule has 6 heterocycles. The number of aliphatic hydroxyl groups excluding tert-OH is 1. The van der Waals surface area contributed by atoms with Gasteiger partial charge in [-0.3, -0.25) is 41.3 Å². The quantitative estimate of drug-likeness (QED) is 0.0225. The predicted molar refractivity (Wildman–Crippen MR) is 428 cm³/mol. The number of piperidine rings is 2. The molecule has 32 nitrogen and oxygen atoms in total. The number of carbonyl (C=O) groups excluding carboxylic acids is 6. The van der Waals surface area contributed by atoms with Crippen LogP contribution in [0, 0.1) is 35.8 Å². The van der Waals surface area contributed by atoms with Gasteiger partial charge in [-0.05, 0) is 222 Å². The van der Waals surface area contributed by atoms with Gasteiger partial charge in [0.05, 0.1) is 67.1 Å². The highest BCUT2D eigenvalue weighted by Gasteiger charge is 2.33. The summed E-state index contributed by atoms with van der Waals surface area (Å²) in [6.45, 7) is 34.8. The summed E-state index contributed by atoms with van der Waals surface area (Å²) in [5.41, 5.74) is 1.81. The maximum absolute atomic E-state index is 13.7. The Balaban J connectivity index is 0.000000263. The summed E-state index contributed by atoms with van der Waals surface area (Å²) in [5, 5.41) is 31.3. The second-order valence-corrected chi connectivity index (χ2v) is 36.5. The summed E-state index contributed by atoms with van der Waals surface area (Å²) < 4.78 is 91.6. The molecule has 7 aromatic rings. The molecule has 2 fully saturated rings. The number of hydrogen-bond acceptors (Lipinski definition) is 25. The zero-order chi connectivity index (χ0) is 83.0. The summed E-state index contributed by atoms with van der Waals surface area (Å²) in [5.74, 6) is 0.474. The number of nitro groups is 1. The minimum Gasteiger partial charge on any atom is -0.449 e. The van der Waals surface area contributed by atoms with Gasteiger partial charge >= 0.3 is 36.6 Å². The number of thiazole rings is 2. The summed E-state index contributed by atoms with van der Waals surface area (Å²) in [6.07, 6.45) is 5.16. The SMILES string of the molecule is CC(C)(C)OC(=O)N1CCC(CO)CC1.Cc1cc(NC(=O)OC(C)C)cnc1-c1ncc(-c2ccc(NC(=O)OCC3CCN(C(=O)OC(C)(C)C)CC3)cc2S(=O)(=O)NC(C)(C)C)s1.Cc1cc(NC(=O)OC(C)C)cnc1-c1ncc(-c2ccc(NC(=O)Oc3ccc([N+](=O)[O-])cc3)cc2S(=O)(=O)NC(C)(C)C)s1. The molecule has 2 aliphatic heterocycles. The number of ether oxygens (including phenoxy) is 6. The molecule has 0 atom stereocenters. The third kappa shape index (κ3) is 28.0. The Hall–Kier alpha value is -9.98. The van der Waals surface area contributed by atoms with Crippen molar-refractivity contribution in [3.8, 4) is 48.0 Å². The van der Waals surface area contributed by atoms with Gasteiger partial charge in [-0.2, -0.15) is 0 Å². The number of aromatic nitrogens is 4. The van der Waals surface area contributed by atoms with Gasteiger partial charge in [0, 0.05) is 90.9 Å². The van der Waals surface area contributed by atoms with Crippen LogP contribution in [0.5, 0.6) is 5.75 Å².